The van der Waals surface area contributed by atoms with Gasteiger partial charge >= 0.3 is 0 Å². The van der Waals surface area contributed by atoms with Crippen molar-refractivity contribution in [1.82, 2.24) is 10.2 Å². The van der Waals surface area contributed by atoms with Gasteiger partial charge in [0.15, 0.2) is 0 Å². The summed E-state index contributed by atoms with van der Waals surface area (Å²) in [7, 11) is -4.32. The van der Waals surface area contributed by atoms with Crippen LogP contribution in [0.4, 0.5) is 11.4 Å². The van der Waals surface area contributed by atoms with Crippen LogP contribution in [-0.2, 0) is 26.2 Å². The van der Waals surface area contributed by atoms with Gasteiger partial charge in [0.05, 0.1) is 15.5 Å². The topological polar surface area (TPSA) is 130 Å². The molecule has 0 spiro atoms. The molecule has 0 heterocycles. The van der Waals surface area contributed by atoms with Crippen LogP contribution in [0.3, 0.4) is 0 Å². The molecule has 1 N–H and O–H groups in total. The molecule has 0 bridgehead atoms. The normalized spacial score (nSPS) is 12.7. The van der Waals surface area contributed by atoms with Gasteiger partial charge in [-0.15, -0.1) is 0 Å². The molecule has 218 valence electrons. The number of nitrogens with zero attached hydrogens (tertiary/aromatic N) is 3. The highest BCUT2D eigenvalue weighted by atomic mass is 32.2. The lowest BCUT2D eigenvalue weighted by molar-refractivity contribution is -0.384. The lowest BCUT2D eigenvalue weighted by Gasteiger charge is -2.33. The maximum absolute atomic E-state index is 14.1. The second kappa shape index (κ2) is 13.9. The number of non-ortho nitro benzene ring substituents is 1. The molecule has 0 unspecified atom stereocenters. The third kappa shape index (κ3) is 7.91. The van der Waals surface area contributed by atoms with Crippen molar-refractivity contribution < 1.29 is 22.9 Å². The molecule has 0 fully saturated rings. The Morgan fingerprint density at radius 2 is 1.63 bits per heavy atom. The summed E-state index contributed by atoms with van der Waals surface area (Å²) in [6.07, 6.45) is 0.992. The van der Waals surface area contributed by atoms with E-state index in [1.165, 1.54) is 35.2 Å². The SMILES string of the molecule is CC[C@H](C(=O)N[C@@H](C)CC)N(Cc1cccc(C)c1)C(=O)CN(c1cccc([N+](=O)[O-])c1)S(=O)(=O)c1ccccc1. The van der Waals surface area contributed by atoms with E-state index in [-0.39, 0.29) is 34.8 Å². The summed E-state index contributed by atoms with van der Waals surface area (Å²) in [5, 5.41) is 14.4. The average Bonchev–Trinajstić information content (AvgIpc) is 2.96. The molecule has 3 aromatic rings. The van der Waals surface area contributed by atoms with E-state index < -0.39 is 33.4 Å². The second-order valence-electron chi connectivity index (χ2n) is 9.85. The van der Waals surface area contributed by atoms with Crippen LogP contribution in [0, 0.1) is 17.0 Å². The highest BCUT2D eigenvalue weighted by molar-refractivity contribution is 7.92. The minimum absolute atomic E-state index is 0.0380. The van der Waals surface area contributed by atoms with Crippen LogP contribution in [0.1, 0.15) is 44.7 Å². The molecule has 0 aliphatic rings. The van der Waals surface area contributed by atoms with Gasteiger partial charge in [0, 0.05) is 24.7 Å². The molecule has 2 atom stereocenters. The van der Waals surface area contributed by atoms with Gasteiger partial charge in [0.2, 0.25) is 11.8 Å². The van der Waals surface area contributed by atoms with Gasteiger partial charge in [-0.3, -0.25) is 24.0 Å². The molecule has 0 aromatic heterocycles. The van der Waals surface area contributed by atoms with E-state index >= 15 is 0 Å². The number of carbonyl (C=O) groups is 2. The highest BCUT2D eigenvalue weighted by Gasteiger charge is 2.34. The fraction of sp³-hybridized carbons (Fsp3) is 0.333. The minimum Gasteiger partial charge on any atom is -0.352 e. The van der Waals surface area contributed by atoms with Gasteiger partial charge in [-0.25, -0.2) is 8.42 Å². The van der Waals surface area contributed by atoms with E-state index in [0.717, 1.165) is 21.5 Å². The fourth-order valence-corrected chi connectivity index (χ4v) is 5.80. The molecular weight excluding hydrogens is 544 g/mol. The Morgan fingerprint density at radius 3 is 2.24 bits per heavy atom. The third-order valence-electron chi connectivity index (χ3n) is 6.76. The number of nitro groups is 1. The Morgan fingerprint density at radius 1 is 0.951 bits per heavy atom. The fourth-order valence-electron chi connectivity index (χ4n) is 4.38. The van der Waals surface area contributed by atoms with Crippen molar-refractivity contribution >= 4 is 33.2 Å². The van der Waals surface area contributed by atoms with E-state index in [2.05, 4.69) is 5.32 Å². The van der Waals surface area contributed by atoms with Crippen molar-refractivity contribution in [3.8, 4) is 0 Å². The molecule has 0 saturated carbocycles. The number of benzene rings is 3. The number of carbonyl (C=O) groups excluding carboxylic acids is 2. The van der Waals surface area contributed by atoms with Gasteiger partial charge < -0.3 is 10.2 Å². The molecule has 11 heteroatoms. The first-order chi connectivity index (χ1) is 19.5. The molecule has 0 aliphatic heterocycles. The summed E-state index contributed by atoms with van der Waals surface area (Å²) >= 11 is 0. The maximum Gasteiger partial charge on any atom is 0.271 e. The minimum atomic E-state index is -4.32. The molecule has 10 nitrogen and oxygen atoms in total. The smallest absolute Gasteiger partial charge is 0.271 e. The van der Waals surface area contributed by atoms with Crippen molar-refractivity contribution in [2.24, 2.45) is 0 Å². The van der Waals surface area contributed by atoms with E-state index in [0.29, 0.717) is 12.8 Å². The second-order valence-corrected chi connectivity index (χ2v) is 11.7. The largest absolute Gasteiger partial charge is 0.352 e. The van der Waals surface area contributed by atoms with Gasteiger partial charge in [0.1, 0.15) is 12.6 Å². The third-order valence-corrected chi connectivity index (χ3v) is 8.55. The Kier molecular flexibility index (Phi) is 10.6. The number of nitro benzene ring substituents is 1. The zero-order chi connectivity index (χ0) is 30.2. The first-order valence-corrected chi connectivity index (χ1v) is 14.9. The first-order valence-electron chi connectivity index (χ1n) is 13.5. The summed E-state index contributed by atoms with van der Waals surface area (Å²) in [5.74, 6) is -0.959. The highest BCUT2D eigenvalue weighted by Crippen LogP contribution is 2.28. The standard InChI is InChI=1S/C30H36N4O6S/c1-5-23(4)31-30(36)28(6-2)32(20-24-13-10-12-22(3)18-24)29(35)21-33(25-14-11-15-26(19-25)34(37)38)41(39,40)27-16-8-7-9-17-27/h7-19,23,28H,5-6,20-21H2,1-4H3,(H,31,36)/t23-,28+/m0/s1. The maximum atomic E-state index is 14.1. The van der Waals surface area contributed by atoms with E-state index in [4.69, 9.17) is 0 Å². The zero-order valence-corrected chi connectivity index (χ0v) is 24.5. The molecule has 3 aromatic carbocycles. The van der Waals surface area contributed by atoms with Crippen LogP contribution in [0.2, 0.25) is 0 Å². The average molecular weight is 581 g/mol. The molecule has 0 radical (unpaired) electrons. The summed E-state index contributed by atoms with van der Waals surface area (Å²) in [5.41, 5.74) is 1.39. The molecule has 0 aliphatic carbocycles. The number of hydrogen-bond acceptors (Lipinski definition) is 6. The van der Waals surface area contributed by atoms with Crippen LogP contribution in [0.5, 0.6) is 0 Å². The number of nitrogens with one attached hydrogen (secondary N) is 1. The van der Waals surface area contributed by atoms with Crippen molar-refractivity contribution in [2.75, 3.05) is 10.8 Å². The first kappa shape index (κ1) is 31.3. The monoisotopic (exact) mass is 580 g/mol. The number of anilines is 1. The number of amides is 2. The predicted octanol–water partition coefficient (Wildman–Crippen LogP) is 4.82. The van der Waals surface area contributed by atoms with Gasteiger partial charge in [-0.05, 0) is 50.5 Å². The van der Waals surface area contributed by atoms with Crippen LogP contribution >= 0.6 is 0 Å². The Bertz CT molecular complexity index is 1480. The van der Waals surface area contributed by atoms with Crippen molar-refractivity contribution in [2.45, 2.75) is 64.1 Å². The molecule has 2 amide bonds. The summed E-state index contributed by atoms with van der Waals surface area (Å²) in [4.78, 5) is 39.6. The van der Waals surface area contributed by atoms with E-state index in [9.17, 15) is 28.1 Å². The van der Waals surface area contributed by atoms with Crippen LogP contribution in [-0.4, -0.2) is 48.7 Å². The van der Waals surface area contributed by atoms with Crippen LogP contribution in [0.25, 0.3) is 0 Å². The van der Waals surface area contributed by atoms with Gasteiger partial charge in [0.25, 0.3) is 15.7 Å². The number of aryl methyl sites for hydroxylation is 1. The van der Waals surface area contributed by atoms with Crippen molar-refractivity contribution in [3.05, 3.63) is 100 Å². The molecule has 41 heavy (non-hydrogen) atoms. The van der Waals surface area contributed by atoms with Crippen LogP contribution in [0.15, 0.2) is 83.8 Å². The predicted molar refractivity (Wildman–Crippen MR) is 158 cm³/mol. The summed E-state index contributed by atoms with van der Waals surface area (Å²) < 4.78 is 28.5. The van der Waals surface area contributed by atoms with Crippen molar-refractivity contribution in [1.29, 1.82) is 0 Å². The number of rotatable bonds is 13. The summed E-state index contributed by atoms with van der Waals surface area (Å²) in [6, 6.07) is 19.2. The Balaban J connectivity index is 2.09. The number of hydrogen-bond donors (Lipinski definition) is 1. The van der Waals surface area contributed by atoms with Gasteiger partial charge in [-0.2, -0.15) is 0 Å². The van der Waals surface area contributed by atoms with Crippen molar-refractivity contribution in [3.63, 3.8) is 0 Å². The Labute approximate surface area is 241 Å². The zero-order valence-electron chi connectivity index (χ0n) is 23.7. The quantitative estimate of drug-likeness (QED) is 0.228. The van der Waals surface area contributed by atoms with Gasteiger partial charge in [-0.1, -0.05) is 67.9 Å². The lowest BCUT2D eigenvalue weighted by atomic mass is 10.1. The molecule has 3 rings (SSSR count). The molecule has 0 saturated heterocycles. The van der Waals surface area contributed by atoms with E-state index in [1.807, 2.05) is 45.0 Å². The van der Waals surface area contributed by atoms with Crippen LogP contribution < -0.4 is 9.62 Å². The Hall–Kier alpha value is -4.25. The molecular formula is C30H36N4O6S. The lowest BCUT2D eigenvalue weighted by Crippen LogP contribution is -2.53. The summed E-state index contributed by atoms with van der Waals surface area (Å²) in [6.45, 7) is 6.91. The number of sulfonamides is 1. The van der Waals surface area contributed by atoms with E-state index in [1.54, 1.807) is 25.1 Å².